The molecule has 2 N–H and O–H groups in total. The Bertz CT molecular complexity index is 879. The Labute approximate surface area is 133 Å². The third-order valence-electron chi connectivity index (χ3n) is 3.63. The third kappa shape index (κ3) is 2.94. The van der Waals surface area contributed by atoms with Gasteiger partial charge in [-0.05, 0) is 25.1 Å². The minimum absolute atomic E-state index is 0.125. The highest BCUT2D eigenvalue weighted by Crippen LogP contribution is 2.21. The number of aryl methyl sites for hydroxylation is 1. The number of hydrogen-bond acceptors (Lipinski definition) is 3. The molecule has 0 aliphatic carbocycles. The first-order chi connectivity index (χ1) is 11.1. The van der Waals surface area contributed by atoms with Crippen molar-refractivity contribution in [1.82, 2.24) is 4.57 Å². The Morgan fingerprint density at radius 1 is 1.09 bits per heavy atom. The standard InChI is InChI=1S/C18H16N2O3/c1-12-6-8-13(9-7-12)23-11-17(21)20-10-15(18(19)22)14-4-2-3-5-16(14)20/h2-10H,11H2,1H3,(H2,19,22). The SMILES string of the molecule is Cc1ccc(OCC(=O)n2cc(C(N)=O)c3ccccc32)cc1. The summed E-state index contributed by atoms with van der Waals surface area (Å²) in [5, 5.41) is 0.656. The summed E-state index contributed by atoms with van der Waals surface area (Å²) in [5.74, 6) is -0.211. The van der Waals surface area contributed by atoms with Crippen LogP contribution < -0.4 is 10.5 Å². The van der Waals surface area contributed by atoms with Crippen molar-refractivity contribution < 1.29 is 14.3 Å². The van der Waals surface area contributed by atoms with Crippen LogP contribution in [0.15, 0.2) is 54.7 Å². The number of carbonyl (C=O) groups excluding carboxylic acids is 2. The van der Waals surface area contributed by atoms with Crippen molar-refractivity contribution in [2.75, 3.05) is 6.61 Å². The topological polar surface area (TPSA) is 74.3 Å². The van der Waals surface area contributed by atoms with Gasteiger partial charge in [0, 0.05) is 11.6 Å². The van der Waals surface area contributed by atoms with E-state index in [1.807, 2.05) is 31.2 Å². The minimum atomic E-state index is -0.563. The molecule has 0 aliphatic rings. The van der Waals surface area contributed by atoms with Crippen molar-refractivity contribution in [3.63, 3.8) is 0 Å². The van der Waals surface area contributed by atoms with Gasteiger partial charge in [0.1, 0.15) is 5.75 Å². The Kier molecular flexibility index (Phi) is 3.85. The van der Waals surface area contributed by atoms with E-state index in [1.54, 1.807) is 24.3 Å². The Balaban J connectivity index is 1.86. The summed E-state index contributed by atoms with van der Waals surface area (Å²) in [4.78, 5) is 23.9. The number of ether oxygens (including phenoxy) is 1. The highest BCUT2D eigenvalue weighted by molar-refractivity contribution is 6.08. The molecule has 0 spiro atoms. The van der Waals surface area contributed by atoms with Gasteiger partial charge in [0.05, 0.1) is 11.1 Å². The molecule has 0 aliphatic heterocycles. The zero-order valence-corrected chi connectivity index (χ0v) is 12.7. The van der Waals surface area contributed by atoms with E-state index in [2.05, 4.69) is 0 Å². The lowest BCUT2D eigenvalue weighted by molar-refractivity contribution is 0.0843. The van der Waals surface area contributed by atoms with Gasteiger partial charge in [0.15, 0.2) is 6.61 Å². The smallest absolute Gasteiger partial charge is 0.269 e. The molecule has 0 saturated carbocycles. The second-order valence-corrected chi connectivity index (χ2v) is 5.29. The summed E-state index contributed by atoms with van der Waals surface area (Å²) in [6.45, 7) is 1.85. The van der Waals surface area contributed by atoms with Crippen LogP contribution in [0.25, 0.3) is 10.9 Å². The van der Waals surface area contributed by atoms with Crippen LogP contribution in [0.1, 0.15) is 20.7 Å². The van der Waals surface area contributed by atoms with Gasteiger partial charge in [-0.1, -0.05) is 35.9 Å². The molecule has 2 aromatic carbocycles. The monoisotopic (exact) mass is 308 g/mol. The zero-order chi connectivity index (χ0) is 16.4. The number of primary amides is 1. The number of benzene rings is 2. The molecule has 1 heterocycles. The molecule has 0 saturated heterocycles. The average Bonchev–Trinajstić information content (AvgIpc) is 2.94. The number of carbonyl (C=O) groups is 2. The van der Waals surface area contributed by atoms with Crippen LogP contribution in [0.2, 0.25) is 0 Å². The van der Waals surface area contributed by atoms with E-state index in [0.29, 0.717) is 22.2 Å². The maximum atomic E-state index is 12.4. The number of nitrogens with two attached hydrogens (primary N) is 1. The van der Waals surface area contributed by atoms with Crippen molar-refractivity contribution in [3.05, 3.63) is 65.9 Å². The molecule has 0 fully saturated rings. The fourth-order valence-corrected chi connectivity index (χ4v) is 2.43. The van der Waals surface area contributed by atoms with Crippen LogP contribution in [-0.4, -0.2) is 23.0 Å². The van der Waals surface area contributed by atoms with E-state index < -0.39 is 5.91 Å². The number of amides is 1. The predicted octanol–water partition coefficient (Wildman–Crippen LogP) is 2.77. The molecule has 1 amide bonds. The zero-order valence-electron chi connectivity index (χ0n) is 12.7. The molecule has 0 bridgehead atoms. The van der Waals surface area contributed by atoms with Gasteiger partial charge < -0.3 is 10.5 Å². The Morgan fingerprint density at radius 2 is 1.78 bits per heavy atom. The van der Waals surface area contributed by atoms with Crippen LogP contribution in [0, 0.1) is 6.92 Å². The van der Waals surface area contributed by atoms with E-state index in [1.165, 1.54) is 10.8 Å². The molecule has 3 rings (SSSR count). The van der Waals surface area contributed by atoms with E-state index in [9.17, 15) is 9.59 Å². The van der Waals surface area contributed by atoms with Crippen LogP contribution in [0.3, 0.4) is 0 Å². The van der Waals surface area contributed by atoms with Crippen LogP contribution in [0.4, 0.5) is 0 Å². The van der Waals surface area contributed by atoms with Crippen molar-refractivity contribution in [1.29, 1.82) is 0 Å². The molecule has 5 nitrogen and oxygen atoms in total. The van der Waals surface area contributed by atoms with Crippen molar-refractivity contribution in [2.45, 2.75) is 6.92 Å². The normalized spacial score (nSPS) is 10.7. The molecule has 23 heavy (non-hydrogen) atoms. The first-order valence-corrected chi connectivity index (χ1v) is 7.19. The maximum Gasteiger partial charge on any atom is 0.269 e. The van der Waals surface area contributed by atoms with Gasteiger partial charge in [-0.3, -0.25) is 14.2 Å². The lowest BCUT2D eigenvalue weighted by Gasteiger charge is -2.07. The van der Waals surface area contributed by atoms with E-state index in [4.69, 9.17) is 10.5 Å². The number of para-hydroxylation sites is 1. The van der Waals surface area contributed by atoms with Gasteiger partial charge in [-0.2, -0.15) is 0 Å². The van der Waals surface area contributed by atoms with Gasteiger partial charge in [0.25, 0.3) is 11.8 Å². The van der Waals surface area contributed by atoms with Crippen molar-refractivity contribution in [3.8, 4) is 5.75 Å². The number of rotatable bonds is 4. The number of fused-ring (bicyclic) bond motifs is 1. The molecule has 0 atom stereocenters. The molecule has 0 radical (unpaired) electrons. The summed E-state index contributed by atoms with van der Waals surface area (Å²) in [7, 11) is 0. The van der Waals surface area contributed by atoms with Gasteiger partial charge >= 0.3 is 0 Å². The lowest BCUT2D eigenvalue weighted by Crippen LogP contribution is -2.18. The number of aromatic nitrogens is 1. The Hall–Kier alpha value is -3.08. The van der Waals surface area contributed by atoms with Crippen molar-refractivity contribution in [2.24, 2.45) is 5.73 Å². The lowest BCUT2D eigenvalue weighted by atomic mass is 10.2. The third-order valence-corrected chi connectivity index (χ3v) is 3.63. The fourth-order valence-electron chi connectivity index (χ4n) is 2.43. The molecule has 1 aromatic heterocycles. The molecule has 3 aromatic rings. The van der Waals surface area contributed by atoms with E-state index in [0.717, 1.165) is 5.56 Å². The van der Waals surface area contributed by atoms with Crippen LogP contribution in [-0.2, 0) is 0 Å². The van der Waals surface area contributed by atoms with Gasteiger partial charge in [-0.15, -0.1) is 0 Å². The van der Waals surface area contributed by atoms with E-state index in [-0.39, 0.29) is 12.5 Å². The summed E-state index contributed by atoms with van der Waals surface area (Å²) in [6, 6.07) is 14.6. The summed E-state index contributed by atoms with van der Waals surface area (Å²) in [5.41, 5.74) is 7.46. The Morgan fingerprint density at radius 3 is 2.48 bits per heavy atom. The van der Waals surface area contributed by atoms with Gasteiger partial charge in [-0.25, -0.2) is 0 Å². The van der Waals surface area contributed by atoms with Gasteiger partial charge in [0.2, 0.25) is 0 Å². The largest absolute Gasteiger partial charge is 0.484 e. The molecule has 116 valence electrons. The molecular formula is C18H16N2O3. The number of hydrogen-bond donors (Lipinski definition) is 1. The van der Waals surface area contributed by atoms with Crippen molar-refractivity contribution >= 4 is 22.7 Å². The maximum absolute atomic E-state index is 12.4. The predicted molar refractivity (Wildman–Crippen MR) is 87.8 cm³/mol. The second-order valence-electron chi connectivity index (χ2n) is 5.29. The highest BCUT2D eigenvalue weighted by Gasteiger charge is 2.16. The first kappa shape index (κ1) is 14.8. The molecule has 5 heteroatoms. The van der Waals surface area contributed by atoms with Crippen LogP contribution >= 0.6 is 0 Å². The molecule has 0 unspecified atom stereocenters. The minimum Gasteiger partial charge on any atom is -0.484 e. The summed E-state index contributed by atoms with van der Waals surface area (Å²) in [6.07, 6.45) is 1.47. The quantitative estimate of drug-likeness (QED) is 0.805. The highest BCUT2D eigenvalue weighted by atomic mass is 16.5. The summed E-state index contributed by atoms with van der Waals surface area (Å²) >= 11 is 0. The number of nitrogens with zero attached hydrogens (tertiary/aromatic N) is 1. The first-order valence-electron chi connectivity index (χ1n) is 7.19. The van der Waals surface area contributed by atoms with E-state index >= 15 is 0 Å². The summed E-state index contributed by atoms with van der Waals surface area (Å²) < 4.78 is 6.92. The van der Waals surface area contributed by atoms with Crippen LogP contribution in [0.5, 0.6) is 5.75 Å². The molecular weight excluding hydrogens is 292 g/mol. The average molecular weight is 308 g/mol. The second kappa shape index (κ2) is 5.96. The fraction of sp³-hybridized carbons (Fsp3) is 0.111.